The molecule has 0 fully saturated rings. The fourth-order valence-electron chi connectivity index (χ4n) is 1.52. The zero-order valence-electron chi connectivity index (χ0n) is 9.66. The van der Waals surface area contributed by atoms with Crippen molar-refractivity contribution >= 4 is 27.5 Å². The Morgan fingerprint density at radius 3 is 2.78 bits per heavy atom. The molecule has 0 radical (unpaired) electrons. The number of anilines is 1. The number of carbonyl (C=O) groups is 1. The number of carbonyl (C=O) groups excluding carboxylic acids is 1. The SMILES string of the molecule is Cc1ccc(Br)c(NC(=O)c2cc[nH]c(=O)c2)c1. The van der Waals surface area contributed by atoms with Crippen LogP contribution in [0.4, 0.5) is 5.69 Å². The first-order valence-electron chi connectivity index (χ1n) is 5.32. The van der Waals surface area contributed by atoms with Gasteiger partial charge < -0.3 is 10.3 Å². The van der Waals surface area contributed by atoms with Crippen LogP contribution < -0.4 is 10.9 Å². The summed E-state index contributed by atoms with van der Waals surface area (Å²) in [5, 5.41) is 2.76. The molecule has 0 saturated heterocycles. The van der Waals surface area contributed by atoms with Crippen LogP contribution in [-0.2, 0) is 0 Å². The van der Waals surface area contributed by atoms with E-state index in [9.17, 15) is 9.59 Å². The van der Waals surface area contributed by atoms with Gasteiger partial charge in [-0.05, 0) is 46.6 Å². The summed E-state index contributed by atoms with van der Waals surface area (Å²) in [6.07, 6.45) is 1.45. The summed E-state index contributed by atoms with van der Waals surface area (Å²) in [5.74, 6) is -0.313. The third-order valence-electron chi connectivity index (χ3n) is 2.41. The van der Waals surface area contributed by atoms with Gasteiger partial charge in [-0.15, -0.1) is 0 Å². The molecule has 2 aromatic rings. The number of hydrogen-bond donors (Lipinski definition) is 2. The molecule has 1 amide bonds. The average molecular weight is 307 g/mol. The largest absolute Gasteiger partial charge is 0.329 e. The Morgan fingerprint density at radius 1 is 1.28 bits per heavy atom. The Morgan fingerprint density at radius 2 is 2.06 bits per heavy atom. The van der Waals surface area contributed by atoms with Crippen LogP contribution in [0.1, 0.15) is 15.9 Å². The molecular formula is C13H11BrN2O2. The molecule has 0 aliphatic carbocycles. The van der Waals surface area contributed by atoms with Gasteiger partial charge in [0.2, 0.25) is 5.56 Å². The predicted molar refractivity (Wildman–Crippen MR) is 73.9 cm³/mol. The molecule has 1 aromatic heterocycles. The van der Waals surface area contributed by atoms with Crippen LogP contribution in [0.15, 0.2) is 45.8 Å². The van der Waals surface area contributed by atoms with E-state index in [0.29, 0.717) is 11.3 Å². The predicted octanol–water partition coefficient (Wildman–Crippen LogP) is 2.70. The molecule has 0 aliphatic heterocycles. The first-order chi connectivity index (χ1) is 8.56. The van der Waals surface area contributed by atoms with Gasteiger partial charge >= 0.3 is 0 Å². The van der Waals surface area contributed by atoms with E-state index in [1.54, 1.807) is 6.07 Å². The molecular weight excluding hydrogens is 296 g/mol. The number of H-pyrrole nitrogens is 1. The highest BCUT2D eigenvalue weighted by molar-refractivity contribution is 9.10. The van der Waals surface area contributed by atoms with E-state index in [0.717, 1.165) is 10.0 Å². The van der Waals surface area contributed by atoms with Crippen molar-refractivity contribution in [2.24, 2.45) is 0 Å². The van der Waals surface area contributed by atoms with Crippen LogP contribution in [0.5, 0.6) is 0 Å². The van der Waals surface area contributed by atoms with E-state index in [4.69, 9.17) is 0 Å². The highest BCUT2D eigenvalue weighted by Crippen LogP contribution is 2.23. The molecule has 1 heterocycles. The van der Waals surface area contributed by atoms with E-state index in [-0.39, 0.29) is 11.5 Å². The highest BCUT2D eigenvalue weighted by Gasteiger charge is 2.08. The number of rotatable bonds is 2. The van der Waals surface area contributed by atoms with E-state index in [2.05, 4.69) is 26.2 Å². The van der Waals surface area contributed by atoms with E-state index >= 15 is 0 Å². The van der Waals surface area contributed by atoms with Crippen LogP contribution >= 0.6 is 15.9 Å². The quantitative estimate of drug-likeness (QED) is 0.896. The number of aromatic nitrogens is 1. The van der Waals surface area contributed by atoms with Gasteiger partial charge in [-0.1, -0.05) is 6.07 Å². The minimum Gasteiger partial charge on any atom is -0.329 e. The van der Waals surface area contributed by atoms with Gasteiger partial charge in [-0.25, -0.2) is 0 Å². The lowest BCUT2D eigenvalue weighted by Crippen LogP contribution is -2.15. The third-order valence-corrected chi connectivity index (χ3v) is 3.10. The van der Waals surface area contributed by atoms with E-state index < -0.39 is 0 Å². The number of hydrogen-bond acceptors (Lipinski definition) is 2. The van der Waals surface area contributed by atoms with Crippen LogP contribution in [0.2, 0.25) is 0 Å². The molecule has 0 bridgehead atoms. The number of halogens is 1. The van der Waals surface area contributed by atoms with Crippen molar-refractivity contribution in [3.63, 3.8) is 0 Å². The number of pyridine rings is 1. The smallest absolute Gasteiger partial charge is 0.255 e. The molecule has 0 unspecified atom stereocenters. The van der Waals surface area contributed by atoms with Crippen LogP contribution in [0, 0.1) is 6.92 Å². The molecule has 1 aromatic carbocycles. The summed E-state index contributed by atoms with van der Waals surface area (Å²) in [7, 11) is 0. The minimum atomic E-state index is -0.313. The van der Waals surface area contributed by atoms with Crippen molar-refractivity contribution in [1.82, 2.24) is 4.98 Å². The normalized spacial score (nSPS) is 10.1. The first kappa shape index (κ1) is 12.6. The Bertz CT molecular complexity index is 649. The maximum atomic E-state index is 11.9. The number of benzene rings is 1. The maximum absolute atomic E-state index is 11.9. The maximum Gasteiger partial charge on any atom is 0.255 e. The Kier molecular flexibility index (Phi) is 3.62. The third kappa shape index (κ3) is 2.87. The fourth-order valence-corrected chi connectivity index (χ4v) is 1.86. The lowest BCUT2D eigenvalue weighted by atomic mass is 10.2. The lowest BCUT2D eigenvalue weighted by molar-refractivity contribution is 0.102. The van der Waals surface area contributed by atoms with Gasteiger partial charge in [0.15, 0.2) is 0 Å². The van der Waals surface area contributed by atoms with Gasteiger partial charge in [-0.2, -0.15) is 0 Å². The highest BCUT2D eigenvalue weighted by atomic mass is 79.9. The summed E-state index contributed by atoms with van der Waals surface area (Å²) in [4.78, 5) is 25.5. The van der Waals surface area contributed by atoms with E-state index in [1.165, 1.54) is 12.3 Å². The molecule has 0 saturated carbocycles. The molecule has 5 heteroatoms. The Balaban J connectivity index is 2.26. The zero-order valence-corrected chi connectivity index (χ0v) is 11.2. The standard InChI is InChI=1S/C13H11BrN2O2/c1-8-2-3-10(14)11(6-8)16-13(18)9-4-5-15-12(17)7-9/h2-7H,1H3,(H,15,17)(H,16,18). The van der Waals surface area contributed by atoms with Crippen molar-refractivity contribution < 1.29 is 4.79 Å². The molecule has 92 valence electrons. The number of aromatic amines is 1. The van der Waals surface area contributed by atoms with Gasteiger partial charge in [0.05, 0.1) is 5.69 Å². The van der Waals surface area contributed by atoms with Gasteiger partial charge in [0.25, 0.3) is 5.91 Å². The van der Waals surface area contributed by atoms with Crippen LogP contribution in [-0.4, -0.2) is 10.9 Å². The summed E-state index contributed by atoms with van der Waals surface area (Å²) in [6, 6.07) is 8.48. The monoisotopic (exact) mass is 306 g/mol. The average Bonchev–Trinajstić information content (AvgIpc) is 2.34. The van der Waals surface area contributed by atoms with Crippen LogP contribution in [0.25, 0.3) is 0 Å². The fraction of sp³-hybridized carbons (Fsp3) is 0.0769. The second kappa shape index (κ2) is 5.18. The summed E-state index contributed by atoms with van der Waals surface area (Å²) >= 11 is 3.36. The second-order valence-electron chi connectivity index (χ2n) is 3.88. The first-order valence-corrected chi connectivity index (χ1v) is 6.12. The topological polar surface area (TPSA) is 62.0 Å². The van der Waals surface area contributed by atoms with Crippen molar-refractivity contribution in [3.05, 3.63) is 62.5 Å². The van der Waals surface area contributed by atoms with Crippen molar-refractivity contribution in [2.75, 3.05) is 5.32 Å². The van der Waals surface area contributed by atoms with Crippen molar-refractivity contribution in [2.45, 2.75) is 6.92 Å². The lowest BCUT2D eigenvalue weighted by Gasteiger charge is -2.08. The molecule has 2 N–H and O–H groups in total. The molecule has 0 aliphatic rings. The number of amides is 1. The summed E-state index contributed by atoms with van der Waals surface area (Å²) in [6.45, 7) is 1.94. The van der Waals surface area contributed by atoms with Gasteiger partial charge in [0, 0.05) is 22.3 Å². The summed E-state index contributed by atoms with van der Waals surface area (Å²) < 4.78 is 0.797. The molecule has 18 heavy (non-hydrogen) atoms. The zero-order chi connectivity index (χ0) is 13.1. The van der Waals surface area contributed by atoms with Gasteiger partial charge in [0.1, 0.15) is 0 Å². The Labute approximate surface area is 112 Å². The van der Waals surface area contributed by atoms with Crippen molar-refractivity contribution in [1.29, 1.82) is 0 Å². The molecule has 0 atom stereocenters. The molecule has 2 rings (SSSR count). The molecule has 0 spiro atoms. The second-order valence-corrected chi connectivity index (χ2v) is 4.73. The van der Waals surface area contributed by atoms with E-state index in [1.807, 2.05) is 25.1 Å². The molecule has 4 nitrogen and oxygen atoms in total. The minimum absolute atomic E-state index is 0.300. The number of nitrogens with one attached hydrogen (secondary N) is 2. The Hall–Kier alpha value is -1.88. The van der Waals surface area contributed by atoms with Crippen molar-refractivity contribution in [3.8, 4) is 0 Å². The van der Waals surface area contributed by atoms with Gasteiger partial charge in [-0.3, -0.25) is 9.59 Å². The number of aryl methyl sites for hydroxylation is 1. The summed E-state index contributed by atoms with van der Waals surface area (Å²) in [5.41, 5.74) is 1.75. The van der Waals surface area contributed by atoms with Crippen LogP contribution in [0.3, 0.4) is 0 Å².